The van der Waals surface area contributed by atoms with E-state index in [1.807, 2.05) is 29.6 Å². The summed E-state index contributed by atoms with van der Waals surface area (Å²) >= 11 is 1.33. The van der Waals surface area contributed by atoms with Crippen molar-refractivity contribution in [3.8, 4) is 22.8 Å². The van der Waals surface area contributed by atoms with Gasteiger partial charge in [0.2, 0.25) is 0 Å². The van der Waals surface area contributed by atoms with Gasteiger partial charge in [-0.3, -0.25) is 14.3 Å². The molecule has 2 aromatic carbocycles. The number of amides is 1. The highest BCUT2D eigenvalue weighted by molar-refractivity contribution is 7.83. The van der Waals surface area contributed by atoms with Crippen molar-refractivity contribution in [2.45, 2.75) is 5.75 Å². The number of aromatic nitrogens is 1. The molecule has 28 heavy (non-hydrogen) atoms. The number of nitrogens with one attached hydrogen (secondary N) is 1. The van der Waals surface area contributed by atoms with Crippen LogP contribution in [0.3, 0.4) is 0 Å². The standard InChI is InChI=1S/C20H20N2O4S2/c1-25-15-7-8-18(26-2)16(10-15)17-11-27-20(21-17)22-19(23)14-6-4-5-13(9-14)12-28(3)24/h4-11H,12H2,1-3H3,(H,21,22,23). The molecule has 1 atom stereocenters. The first-order chi connectivity index (χ1) is 13.5. The van der Waals surface area contributed by atoms with E-state index in [4.69, 9.17) is 9.47 Å². The lowest BCUT2D eigenvalue weighted by Gasteiger charge is -2.08. The second-order valence-corrected chi connectivity index (χ2v) is 8.27. The number of hydrogen-bond donors (Lipinski definition) is 1. The molecular weight excluding hydrogens is 396 g/mol. The van der Waals surface area contributed by atoms with Crippen LogP contribution in [0, 0.1) is 0 Å². The van der Waals surface area contributed by atoms with Crippen LogP contribution in [0.15, 0.2) is 47.8 Å². The first-order valence-corrected chi connectivity index (χ1v) is 11.0. The molecule has 146 valence electrons. The van der Waals surface area contributed by atoms with Gasteiger partial charge in [0.25, 0.3) is 5.91 Å². The van der Waals surface area contributed by atoms with Gasteiger partial charge in [0, 0.05) is 39.3 Å². The van der Waals surface area contributed by atoms with Crippen molar-refractivity contribution < 1.29 is 18.5 Å². The molecule has 3 rings (SSSR count). The Labute approximate surface area is 170 Å². The summed E-state index contributed by atoms with van der Waals surface area (Å²) in [5.74, 6) is 1.52. The van der Waals surface area contributed by atoms with Crippen LogP contribution in [-0.2, 0) is 16.6 Å². The molecule has 6 nitrogen and oxygen atoms in total. The zero-order valence-corrected chi connectivity index (χ0v) is 17.4. The van der Waals surface area contributed by atoms with Crippen LogP contribution < -0.4 is 14.8 Å². The second kappa shape index (κ2) is 8.99. The molecule has 0 spiro atoms. The Morgan fingerprint density at radius 1 is 1.18 bits per heavy atom. The van der Waals surface area contributed by atoms with Crippen LogP contribution >= 0.6 is 11.3 Å². The third-order valence-electron chi connectivity index (χ3n) is 3.97. The number of thiazole rings is 1. The third-order valence-corrected chi connectivity index (χ3v) is 5.46. The van der Waals surface area contributed by atoms with Crippen LogP contribution in [0.5, 0.6) is 11.5 Å². The highest BCUT2D eigenvalue weighted by Gasteiger charge is 2.14. The van der Waals surface area contributed by atoms with E-state index in [1.54, 1.807) is 38.7 Å². The Balaban J connectivity index is 1.80. The summed E-state index contributed by atoms with van der Waals surface area (Å²) in [5.41, 5.74) is 2.82. The summed E-state index contributed by atoms with van der Waals surface area (Å²) in [5, 5.41) is 5.15. The number of rotatable bonds is 7. The van der Waals surface area contributed by atoms with Gasteiger partial charge >= 0.3 is 0 Å². The van der Waals surface area contributed by atoms with Crippen LogP contribution in [0.25, 0.3) is 11.3 Å². The van der Waals surface area contributed by atoms with Crippen molar-refractivity contribution in [2.24, 2.45) is 0 Å². The minimum atomic E-state index is -0.964. The van der Waals surface area contributed by atoms with Crippen LogP contribution in [0.2, 0.25) is 0 Å². The van der Waals surface area contributed by atoms with E-state index < -0.39 is 10.8 Å². The molecule has 0 bridgehead atoms. The number of ether oxygens (including phenoxy) is 2. The van der Waals surface area contributed by atoms with E-state index in [0.717, 1.165) is 11.1 Å². The zero-order chi connectivity index (χ0) is 20.1. The van der Waals surface area contributed by atoms with Crippen LogP contribution in [0.4, 0.5) is 5.13 Å². The van der Waals surface area contributed by atoms with Gasteiger partial charge in [0.1, 0.15) is 11.5 Å². The number of hydrogen-bond acceptors (Lipinski definition) is 6. The van der Waals surface area contributed by atoms with Gasteiger partial charge in [0.05, 0.1) is 19.9 Å². The van der Waals surface area contributed by atoms with Crippen LogP contribution in [-0.4, -0.2) is 35.6 Å². The number of carbonyl (C=O) groups is 1. The minimum absolute atomic E-state index is 0.262. The normalized spacial score (nSPS) is 11.7. The molecule has 8 heteroatoms. The molecule has 3 aromatic rings. The fourth-order valence-electron chi connectivity index (χ4n) is 2.68. The van der Waals surface area contributed by atoms with E-state index in [1.165, 1.54) is 11.3 Å². The Morgan fingerprint density at radius 2 is 2.00 bits per heavy atom. The molecule has 0 aliphatic heterocycles. The van der Waals surface area contributed by atoms with Gasteiger partial charge < -0.3 is 9.47 Å². The molecule has 0 fully saturated rings. The third kappa shape index (κ3) is 4.76. The predicted octanol–water partition coefficient (Wildman–Crippen LogP) is 3.96. The maximum atomic E-state index is 12.6. The first kappa shape index (κ1) is 20.0. The SMILES string of the molecule is COc1ccc(OC)c(-c2csc(NC(=O)c3cccc(CS(C)=O)c3)n2)c1. The van der Waals surface area contributed by atoms with Gasteiger partial charge in [-0.05, 0) is 35.9 Å². The quantitative estimate of drug-likeness (QED) is 0.631. The largest absolute Gasteiger partial charge is 0.497 e. The summed E-state index contributed by atoms with van der Waals surface area (Å²) in [4.78, 5) is 17.1. The summed E-state index contributed by atoms with van der Waals surface area (Å²) in [6.07, 6.45) is 1.64. The number of carbonyl (C=O) groups excluding carboxylic acids is 1. The van der Waals surface area contributed by atoms with Crippen LogP contribution in [0.1, 0.15) is 15.9 Å². The molecule has 0 aliphatic rings. The Kier molecular flexibility index (Phi) is 6.43. The molecule has 1 aromatic heterocycles. The molecule has 0 saturated heterocycles. The van der Waals surface area contributed by atoms with E-state index in [2.05, 4.69) is 10.3 Å². The molecular formula is C20H20N2O4S2. The summed E-state index contributed by atoms with van der Waals surface area (Å²) in [6.45, 7) is 0. The topological polar surface area (TPSA) is 77.5 Å². The van der Waals surface area contributed by atoms with Gasteiger partial charge in [-0.15, -0.1) is 11.3 Å². The van der Waals surface area contributed by atoms with Gasteiger partial charge in [-0.25, -0.2) is 4.98 Å². The summed E-state index contributed by atoms with van der Waals surface area (Å²) < 4.78 is 22.1. The highest BCUT2D eigenvalue weighted by Crippen LogP contribution is 2.35. The molecule has 1 heterocycles. The predicted molar refractivity (Wildman–Crippen MR) is 113 cm³/mol. The molecule has 1 N–H and O–H groups in total. The van der Waals surface area contributed by atoms with Gasteiger partial charge in [-0.1, -0.05) is 12.1 Å². The highest BCUT2D eigenvalue weighted by atomic mass is 32.2. The fourth-order valence-corrected chi connectivity index (χ4v) is 4.03. The van der Waals surface area contributed by atoms with Gasteiger partial charge in [0.15, 0.2) is 5.13 Å². The fraction of sp³-hybridized carbons (Fsp3) is 0.200. The minimum Gasteiger partial charge on any atom is -0.497 e. The number of methoxy groups -OCH3 is 2. The van der Waals surface area contributed by atoms with E-state index >= 15 is 0 Å². The van der Waals surface area contributed by atoms with Crippen molar-refractivity contribution in [2.75, 3.05) is 25.8 Å². The average molecular weight is 417 g/mol. The zero-order valence-electron chi connectivity index (χ0n) is 15.7. The molecule has 0 radical (unpaired) electrons. The van der Waals surface area contributed by atoms with Crippen molar-refractivity contribution in [1.82, 2.24) is 4.98 Å². The Morgan fingerprint density at radius 3 is 2.71 bits per heavy atom. The lowest BCUT2D eigenvalue weighted by molar-refractivity contribution is 0.102. The van der Waals surface area contributed by atoms with Gasteiger partial charge in [-0.2, -0.15) is 0 Å². The monoisotopic (exact) mass is 416 g/mol. The second-order valence-electron chi connectivity index (χ2n) is 5.98. The number of benzene rings is 2. The Hall–Kier alpha value is -2.71. The molecule has 1 amide bonds. The van der Waals surface area contributed by atoms with Crippen molar-refractivity contribution in [3.05, 3.63) is 59.0 Å². The van der Waals surface area contributed by atoms with E-state index in [9.17, 15) is 9.00 Å². The lowest BCUT2D eigenvalue weighted by Crippen LogP contribution is -2.12. The summed E-state index contributed by atoms with van der Waals surface area (Å²) in [6, 6.07) is 12.6. The first-order valence-electron chi connectivity index (χ1n) is 8.38. The molecule has 0 aliphatic carbocycles. The molecule has 0 saturated carbocycles. The van der Waals surface area contributed by atoms with Crippen molar-refractivity contribution in [3.63, 3.8) is 0 Å². The summed E-state index contributed by atoms with van der Waals surface area (Å²) in [7, 11) is 2.23. The number of anilines is 1. The maximum Gasteiger partial charge on any atom is 0.257 e. The van der Waals surface area contributed by atoms with Crippen molar-refractivity contribution in [1.29, 1.82) is 0 Å². The van der Waals surface area contributed by atoms with E-state index in [-0.39, 0.29) is 5.91 Å². The maximum absolute atomic E-state index is 12.6. The smallest absolute Gasteiger partial charge is 0.257 e. The Bertz CT molecular complexity index is 1020. The molecule has 1 unspecified atom stereocenters. The average Bonchev–Trinajstić information content (AvgIpc) is 3.15. The lowest BCUT2D eigenvalue weighted by atomic mass is 10.1. The van der Waals surface area contributed by atoms with Crippen molar-refractivity contribution >= 4 is 33.2 Å². The van der Waals surface area contributed by atoms with E-state index in [0.29, 0.717) is 33.6 Å². The number of nitrogens with zero attached hydrogens (tertiary/aromatic N) is 1.